The number of likely N-dealkylation sites (N-methyl/N-ethyl adjacent to an activating group) is 1. The van der Waals surface area contributed by atoms with E-state index in [1.54, 1.807) is 21.1 Å². The van der Waals surface area contributed by atoms with E-state index >= 15 is 0 Å². The van der Waals surface area contributed by atoms with Crippen molar-refractivity contribution >= 4 is 17.9 Å². The molecule has 8 nitrogen and oxygen atoms in total. The lowest BCUT2D eigenvalue weighted by atomic mass is 10.1. The Morgan fingerprint density at radius 3 is 1.35 bits per heavy atom. The Morgan fingerprint density at radius 1 is 0.526 bits per heavy atom. The third kappa shape index (κ3) is 39.1. The van der Waals surface area contributed by atoms with E-state index in [1.165, 1.54) is 135 Å². The second kappa shape index (κ2) is 40.6. The predicted octanol–water partition coefficient (Wildman–Crippen LogP) is 11.9. The summed E-state index contributed by atoms with van der Waals surface area (Å²) in [5, 5.41) is 11.6. The number of quaternary nitrogens is 1. The fourth-order valence-electron chi connectivity index (χ4n) is 7.10. The van der Waals surface area contributed by atoms with Crippen LogP contribution in [0.3, 0.4) is 0 Å². The molecule has 0 bridgehead atoms. The number of carbonyl (C=O) groups excluding carboxylic acids is 3. The minimum atomic E-state index is -1.12. The molecule has 0 aliphatic heterocycles. The summed E-state index contributed by atoms with van der Waals surface area (Å²) in [7, 11) is 5.41. The minimum Gasteiger partial charge on any atom is -0.544 e. The molecule has 57 heavy (non-hydrogen) atoms. The van der Waals surface area contributed by atoms with Crippen molar-refractivity contribution in [2.24, 2.45) is 0 Å². The number of allylic oxidation sites excluding steroid dienone is 4. The van der Waals surface area contributed by atoms with Gasteiger partial charge < -0.3 is 28.6 Å². The Balaban J connectivity index is 4.21. The normalized spacial score (nSPS) is 13.1. The highest BCUT2D eigenvalue weighted by Crippen LogP contribution is 2.15. The van der Waals surface area contributed by atoms with Gasteiger partial charge in [0.15, 0.2) is 6.10 Å². The summed E-state index contributed by atoms with van der Waals surface area (Å²) in [6.45, 7) is 4.66. The second-order valence-corrected chi connectivity index (χ2v) is 17.4. The maximum absolute atomic E-state index is 12.7. The fourth-order valence-corrected chi connectivity index (χ4v) is 7.10. The number of aliphatic carboxylic acids is 1. The van der Waals surface area contributed by atoms with Crippen LogP contribution < -0.4 is 5.11 Å². The molecule has 0 aromatic carbocycles. The van der Waals surface area contributed by atoms with Crippen LogP contribution in [0.5, 0.6) is 0 Å². The molecule has 334 valence electrons. The molecule has 0 fully saturated rings. The van der Waals surface area contributed by atoms with Crippen LogP contribution in [0.2, 0.25) is 0 Å². The Bertz CT molecular complexity index is 989. The third-order valence-corrected chi connectivity index (χ3v) is 10.8. The zero-order valence-electron chi connectivity index (χ0n) is 38.0. The van der Waals surface area contributed by atoms with Crippen molar-refractivity contribution < 1.29 is 38.2 Å². The average Bonchev–Trinajstić information content (AvgIpc) is 3.17. The van der Waals surface area contributed by atoms with Crippen molar-refractivity contribution in [2.75, 3.05) is 41.0 Å². The molecule has 2 atom stereocenters. The van der Waals surface area contributed by atoms with Gasteiger partial charge in [0, 0.05) is 19.3 Å². The number of nitrogens with zero attached hydrogens (tertiary/aromatic N) is 1. The van der Waals surface area contributed by atoms with Crippen LogP contribution in [0.1, 0.15) is 219 Å². The monoisotopic (exact) mass is 806 g/mol. The summed E-state index contributed by atoms with van der Waals surface area (Å²) < 4.78 is 17.2. The molecular formula is C49H91NO7. The highest BCUT2D eigenvalue weighted by atomic mass is 16.6. The van der Waals surface area contributed by atoms with Gasteiger partial charge in [-0.25, -0.2) is 0 Å². The molecule has 0 aliphatic rings. The number of carboxylic acid groups (broad SMARTS) is 1. The first kappa shape index (κ1) is 54.8. The van der Waals surface area contributed by atoms with Gasteiger partial charge in [-0.15, -0.1) is 0 Å². The Kier molecular flexibility index (Phi) is 39.0. The van der Waals surface area contributed by atoms with Crippen LogP contribution in [0, 0.1) is 0 Å². The van der Waals surface area contributed by atoms with Gasteiger partial charge in [-0.3, -0.25) is 9.59 Å². The summed E-state index contributed by atoms with van der Waals surface area (Å²) >= 11 is 0. The van der Waals surface area contributed by atoms with E-state index in [1.807, 2.05) is 0 Å². The summed E-state index contributed by atoms with van der Waals surface area (Å²) in [5.41, 5.74) is 0. The molecule has 0 radical (unpaired) electrons. The first-order valence-electron chi connectivity index (χ1n) is 23.9. The number of ether oxygens (including phenoxy) is 3. The Hall–Kier alpha value is -2.19. The van der Waals surface area contributed by atoms with Gasteiger partial charge in [0.2, 0.25) is 0 Å². The van der Waals surface area contributed by atoms with E-state index in [2.05, 4.69) is 38.2 Å². The molecule has 0 amide bonds. The highest BCUT2D eigenvalue weighted by molar-refractivity contribution is 5.70. The van der Waals surface area contributed by atoms with Crippen molar-refractivity contribution in [1.82, 2.24) is 0 Å². The molecule has 0 aromatic heterocycles. The van der Waals surface area contributed by atoms with E-state index in [0.717, 1.165) is 51.4 Å². The van der Waals surface area contributed by atoms with Crippen molar-refractivity contribution in [1.29, 1.82) is 0 Å². The largest absolute Gasteiger partial charge is 0.544 e. The number of hydrogen-bond donors (Lipinski definition) is 0. The number of carboxylic acids is 1. The van der Waals surface area contributed by atoms with Crippen molar-refractivity contribution in [3.63, 3.8) is 0 Å². The van der Waals surface area contributed by atoms with Crippen LogP contribution in [0.25, 0.3) is 0 Å². The average molecular weight is 806 g/mol. The first-order chi connectivity index (χ1) is 27.6. The molecule has 2 unspecified atom stereocenters. The summed E-state index contributed by atoms with van der Waals surface area (Å²) in [6.07, 6.45) is 45.0. The van der Waals surface area contributed by atoms with Crippen molar-refractivity contribution in [3.05, 3.63) is 24.3 Å². The maximum Gasteiger partial charge on any atom is 0.306 e. The molecule has 8 heteroatoms. The maximum atomic E-state index is 12.7. The fraction of sp³-hybridized carbons (Fsp3) is 0.857. The van der Waals surface area contributed by atoms with E-state index in [4.69, 9.17) is 14.2 Å². The van der Waals surface area contributed by atoms with Gasteiger partial charge >= 0.3 is 11.9 Å². The van der Waals surface area contributed by atoms with Crippen LogP contribution in [-0.4, -0.2) is 75.5 Å². The topological polar surface area (TPSA) is 102 Å². The van der Waals surface area contributed by atoms with Crippen LogP contribution >= 0.6 is 0 Å². The molecule has 0 N–H and O–H groups in total. The number of carbonyl (C=O) groups is 3. The number of unbranched alkanes of at least 4 members (excludes halogenated alkanes) is 25. The van der Waals surface area contributed by atoms with E-state index in [9.17, 15) is 19.5 Å². The number of rotatable bonds is 43. The minimum absolute atomic E-state index is 0.0411. The van der Waals surface area contributed by atoms with Gasteiger partial charge in [-0.05, 0) is 44.9 Å². The SMILES string of the molecule is CCCCCCCCCCC/C=C/C/C=C/CCCCCCCCCC(=O)OC(COCCC(C(=O)[O-])[N+](C)(C)C)COC(=O)CCCCCCCCCCCC. The summed E-state index contributed by atoms with van der Waals surface area (Å²) in [4.78, 5) is 36.8. The first-order valence-corrected chi connectivity index (χ1v) is 23.9. The number of esters is 2. The van der Waals surface area contributed by atoms with Gasteiger partial charge in [0.05, 0.1) is 40.3 Å². The third-order valence-electron chi connectivity index (χ3n) is 10.8. The standard InChI is InChI=1S/C49H91NO7/c1-6-8-10-12-14-16-18-19-20-21-22-23-24-25-26-27-28-29-30-32-34-36-38-40-48(52)57-45(43-55-42-41-46(49(53)54)50(3,4)5)44-56-47(51)39-37-35-33-31-17-15-13-11-9-7-2/h22-23,25-26,45-46H,6-21,24,27-44H2,1-5H3/b23-22+,26-25+. The van der Waals surface area contributed by atoms with Gasteiger partial charge in [-0.1, -0.05) is 179 Å². The second-order valence-electron chi connectivity index (χ2n) is 17.4. The lowest BCUT2D eigenvalue weighted by Gasteiger charge is -2.34. The van der Waals surface area contributed by atoms with Gasteiger partial charge in [0.1, 0.15) is 12.6 Å². The van der Waals surface area contributed by atoms with Crippen LogP contribution in [0.15, 0.2) is 24.3 Å². The highest BCUT2D eigenvalue weighted by Gasteiger charge is 2.25. The molecule has 0 aromatic rings. The number of hydrogen-bond acceptors (Lipinski definition) is 7. The molecule has 0 heterocycles. The molecule has 0 spiro atoms. The van der Waals surface area contributed by atoms with Gasteiger partial charge in [-0.2, -0.15) is 0 Å². The zero-order chi connectivity index (χ0) is 42.1. The quantitative estimate of drug-likeness (QED) is 0.0262. The van der Waals surface area contributed by atoms with Crippen molar-refractivity contribution in [3.8, 4) is 0 Å². The zero-order valence-corrected chi connectivity index (χ0v) is 38.0. The van der Waals surface area contributed by atoms with Crippen LogP contribution in [-0.2, 0) is 28.6 Å². The molecule has 0 saturated heterocycles. The van der Waals surface area contributed by atoms with E-state index < -0.39 is 18.1 Å². The van der Waals surface area contributed by atoms with Crippen LogP contribution in [0.4, 0.5) is 0 Å². The Morgan fingerprint density at radius 2 is 0.930 bits per heavy atom. The smallest absolute Gasteiger partial charge is 0.306 e. The van der Waals surface area contributed by atoms with E-state index in [0.29, 0.717) is 12.8 Å². The van der Waals surface area contributed by atoms with E-state index in [-0.39, 0.29) is 42.7 Å². The lowest BCUT2D eigenvalue weighted by Crippen LogP contribution is -2.55. The predicted molar refractivity (Wildman–Crippen MR) is 236 cm³/mol. The van der Waals surface area contributed by atoms with Gasteiger partial charge in [0.25, 0.3) is 0 Å². The molecule has 0 saturated carbocycles. The molecule has 0 aliphatic carbocycles. The molecule has 0 rings (SSSR count). The summed E-state index contributed by atoms with van der Waals surface area (Å²) in [6, 6.07) is -0.724. The Labute approximate surface area is 351 Å². The summed E-state index contributed by atoms with van der Waals surface area (Å²) in [5.74, 6) is -1.74. The van der Waals surface area contributed by atoms with Crippen molar-refractivity contribution in [2.45, 2.75) is 231 Å². The molecular weight excluding hydrogens is 715 g/mol. The lowest BCUT2D eigenvalue weighted by molar-refractivity contribution is -0.889.